The molecule has 35 heavy (non-hydrogen) atoms. The number of benzene rings is 2. The molecule has 7 heteroatoms. The summed E-state index contributed by atoms with van der Waals surface area (Å²) in [6, 6.07) is 17.3. The van der Waals surface area contributed by atoms with Crippen molar-refractivity contribution in [1.82, 2.24) is 20.0 Å². The fourth-order valence-electron chi connectivity index (χ4n) is 5.49. The quantitative estimate of drug-likeness (QED) is 0.521. The highest BCUT2D eigenvalue weighted by molar-refractivity contribution is 5.92. The van der Waals surface area contributed by atoms with Crippen LogP contribution in [0.4, 0.5) is 5.82 Å². The van der Waals surface area contributed by atoms with E-state index >= 15 is 0 Å². The predicted octanol–water partition coefficient (Wildman–Crippen LogP) is 3.75. The minimum atomic E-state index is -0.00616. The summed E-state index contributed by atoms with van der Waals surface area (Å²) in [7, 11) is 0. The SMILES string of the molecule is Cc1ccc2c(c1)c(NCC(=O)NC1CN([C@H]3CC[C@@H](C(C)=O)CC3)C1)nn2Cc1ccccc1. The molecule has 1 saturated heterocycles. The number of aryl methyl sites for hydroxylation is 1. The Morgan fingerprint density at radius 3 is 2.49 bits per heavy atom. The zero-order valence-electron chi connectivity index (χ0n) is 20.7. The molecule has 2 aromatic carbocycles. The van der Waals surface area contributed by atoms with Crippen molar-refractivity contribution < 1.29 is 9.59 Å². The number of fused-ring (bicyclic) bond motifs is 1. The summed E-state index contributed by atoms with van der Waals surface area (Å²) in [5.41, 5.74) is 3.40. The number of rotatable bonds is 8. The molecule has 2 fully saturated rings. The minimum absolute atomic E-state index is 0.00616. The van der Waals surface area contributed by atoms with Gasteiger partial charge in [0, 0.05) is 30.4 Å². The molecule has 0 bridgehead atoms. The van der Waals surface area contributed by atoms with Crippen LogP contribution in [-0.2, 0) is 16.1 Å². The largest absolute Gasteiger partial charge is 0.359 e. The molecule has 2 N–H and O–H groups in total. The second-order valence-corrected chi connectivity index (χ2v) is 10.2. The monoisotopic (exact) mass is 473 g/mol. The molecule has 0 atom stereocenters. The first kappa shape index (κ1) is 23.5. The maximum atomic E-state index is 12.7. The van der Waals surface area contributed by atoms with Gasteiger partial charge in [0.15, 0.2) is 5.82 Å². The van der Waals surface area contributed by atoms with E-state index in [9.17, 15) is 9.59 Å². The Morgan fingerprint density at radius 2 is 1.77 bits per heavy atom. The van der Waals surface area contributed by atoms with E-state index in [1.165, 1.54) is 5.56 Å². The van der Waals surface area contributed by atoms with E-state index in [2.05, 4.69) is 52.8 Å². The number of ketones is 1. The number of anilines is 1. The van der Waals surface area contributed by atoms with Crippen molar-refractivity contribution in [3.63, 3.8) is 0 Å². The average molecular weight is 474 g/mol. The molecule has 2 aliphatic rings. The Balaban J connectivity index is 1.14. The summed E-state index contributed by atoms with van der Waals surface area (Å²) in [5.74, 6) is 1.32. The Labute approximate surface area is 206 Å². The molecule has 1 saturated carbocycles. The van der Waals surface area contributed by atoms with Crippen molar-refractivity contribution in [2.45, 2.75) is 58.2 Å². The van der Waals surface area contributed by atoms with Crippen molar-refractivity contribution in [3.8, 4) is 0 Å². The van der Waals surface area contributed by atoms with Crippen LogP contribution in [0, 0.1) is 12.8 Å². The molecule has 1 aliphatic heterocycles. The van der Waals surface area contributed by atoms with Gasteiger partial charge in [-0.1, -0.05) is 42.0 Å². The highest BCUT2D eigenvalue weighted by Gasteiger charge is 2.35. The van der Waals surface area contributed by atoms with Crippen LogP contribution in [0.15, 0.2) is 48.5 Å². The van der Waals surface area contributed by atoms with E-state index in [0.29, 0.717) is 18.4 Å². The lowest BCUT2D eigenvalue weighted by molar-refractivity contribution is -0.123. The first-order chi connectivity index (χ1) is 17.0. The Hall–Kier alpha value is -3.19. The van der Waals surface area contributed by atoms with Gasteiger partial charge in [0.1, 0.15) is 5.78 Å². The number of hydrogen-bond donors (Lipinski definition) is 2. The maximum absolute atomic E-state index is 12.7. The number of Topliss-reactive ketones (excluding diaryl/α,β-unsaturated/α-hetero) is 1. The first-order valence-electron chi connectivity index (χ1n) is 12.7. The molecule has 1 aromatic heterocycles. The molecule has 1 aliphatic carbocycles. The summed E-state index contributed by atoms with van der Waals surface area (Å²) in [5, 5.41) is 12.3. The first-order valence-corrected chi connectivity index (χ1v) is 12.7. The number of likely N-dealkylation sites (tertiary alicyclic amines) is 1. The maximum Gasteiger partial charge on any atom is 0.239 e. The van der Waals surface area contributed by atoms with E-state index in [-0.39, 0.29) is 24.4 Å². The van der Waals surface area contributed by atoms with Crippen molar-refractivity contribution >= 4 is 28.4 Å². The molecule has 5 rings (SSSR count). The molecule has 0 radical (unpaired) electrons. The van der Waals surface area contributed by atoms with Crippen molar-refractivity contribution in [1.29, 1.82) is 0 Å². The molecule has 1 amide bonds. The van der Waals surface area contributed by atoms with Crippen molar-refractivity contribution in [2.75, 3.05) is 25.0 Å². The predicted molar refractivity (Wildman–Crippen MR) is 138 cm³/mol. The van der Waals surface area contributed by atoms with Crippen LogP contribution < -0.4 is 10.6 Å². The molecule has 3 aromatic rings. The zero-order chi connectivity index (χ0) is 24.4. The third-order valence-corrected chi connectivity index (χ3v) is 7.56. The molecular formula is C28H35N5O2. The van der Waals surface area contributed by atoms with Gasteiger partial charge in [0.05, 0.1) is 24.6 Å². The number of amides is 1. The number of nitrogens with zero attached hydrogens (tertiary/aromatic N) is 3. The lowest BCUT2D eigenvalue weighted by Crippen LogP contribution is -2.63. The zero-order valence-corrected chi connectivity index (χ0v) is 20.7. The normalized spacial score (nSPS) is 21.0. The van der Waals surface area contributed by atoms with E-state index in [0.717, 1.165) is 61.1 Å². The Morgan fingerprint density at radius 1 is 1.03 bits per heavy atom. The molecule has 2 heterocycles. The van der Waals surface area contributed by atoms with Gasteiger partial charge in [0.25, 0.3) is 0 Å². The molecule has 7 nitrogen and oxygen atoms in total. The average Bonchev–Trinajstić information content (AvgIpc) is 3.16. The van der Waals surface area contributed by atoms with Gasteiger partial charge in [-0.05, 0) is 57.2 Å². The van der Waals surface area contributed by atoms with Gasteiger partial charge in [-0.2, -0.15) is 5.10 Å². The molecule has 184 valence electrons. The van der Waals surface area contributed by atoms with Crippen LogP contribution in [0.1, 0.15) is 43.7 Å². The lowest BCUT2D eigenvalue weighted by atomic mass is 9.82. The number of carbonyl (C=O) groups is 2. The number of aromatic nitrogens is 2. The van der Waals surface area contributed by atoms with Gasteiger partial charge in [-0.3, -0.25) is 19.2 Å². The van der Waals surface area contributed by atoms with Crippen LogP contribution in [-0.4, -0.2) is 58.1 Å². The fourth-order valence-corrected chi connectivity index (χ4v) is 5.49. The van der Waals surface area contributed by atoms with Crippen LogP contribution >= 0.6 is 0 Å². The molecular weight excluding hydrogens is 438 g/mol. The highest BCUT2D eigenvalue weighted by atomic mass is 16.2. The van der Waals surface area contributed by atoms with Crippen molar-refractivity contribution in [2.24, 2.45) is 5.92 Å². The summed E-state index contributed by atoms with van der Waals surface area (Å²) in [6.45, 7) is 6.46. The third-order valence-electron chi connectivity index (χ3n) is 7.56. The number of nitrogens with one attached hydrogen (secondary N) is 2. The van der Waals surface area contributed by atoms with Gasteiger partial charge < -0.3 is 10.6 Å². The standard InChI is InChI=1S/C28H35N5O2/c1-19-8-13-26-25(14-19)28(31-33(26)16-21-6-4-3-5-7-21)29-15-27(35)30-23-17-32(18-23)24-11-9-22(10-12-24)20(2)34/h3-8,13-14,22-24H,9-12,15-18H2,1-2H3,(H,29,31)(H,30,35)/t22-,24+. The van der Waals surface area contributed by atoms with Crippen LogP contribution in [0.3, 0.4) is 0 Å². The number of carbonyl (C=O) groups excluding carboxylic acids is 2. The number of hydrogen-bond acceptors (Lipinski definition) is 5. The highest BCUT2D eigenvalue weighted by Crippen LogP contribution is 2.30. The van der Waals surface area contributed by atoms with Crippen LogP contribution in [0.5, 0.6) is 0 Å². The van der Waals surface area contributed by atoms with E-state index in [1.54, 1.807) is 6.92 Å². The molecule has 0 unspecified atom stereocenters. The summed E-state index contributed by atoms with van der Waals surface area (Å²) in [4.78, 5) is 26.7. The summed E-state index contributed by atoms with van der Waals surface area (Å²) in [6.07, 6.45) is 4.18. The smallest absolute Gasteiger partial charge is 0.239 e. The van der Waals surface area contributed by atoms with Crippen LogP contribution in [0.25, 0.3) is 10.9 Å². The molecule has 0 spiro atoms. The minimum Gasteiger partial charge on any atom is -0.359 e. The third kappa shape index (κ3) is 5.40. The van der Waals surface area contributed by atoms with Crippen molar-refractivity contribution in [3.05, 3.63) is 59.7 Å². The fraction of sp³-hybridized carbons (Fsp3) is 0.464. The van der Waals surface area contributed by atoms with E-state index in [4.69, 9.17) is 5.10 Å². The summed E-state index contributed by atoms with van der Waals surface area (Å²) >= 11 is 0. The summed E-state index contributed by atoms with van der Waals surface area (Å²) < 4.78 is 2.00. The Bertz CT molecular complexity index is 1190. The van der Waals surface area contributed by atoms with Gasteiger partial charge >= 0.3 is 0 Å². The Kier molecular flexibility index (Phi) is 6.86. The second-order valence-electron chi connectivity index (χ2n) is 10.2. The van der Waals surface area contributed by atoms with E-state index in [1.807, 2.05) is 22.9 Å². The van der Waals surface area contributed by atoms with Gasteiger partial charge in [-0.25, -0.2) is 0 Å². The van der Waals surface area contributed by atoms with E-state index < -0.39 is 0 Å². The second kappa shape index (κ2) is 10.2. The lowest BCUT2D eigenvalue weighted by Gasteiger charge is -2.46. The van der Waals surface area contributed by atoms with Gasteiger partial charge in [0.2, 0.25) is 5.91 Å². The topological polar surface area (TPSA) is 79.3 Å². The van der Waals surface area contributed by atoms with Crippen LogP contribution in [0.2, 0.25) is 0 Å². The van der Waals surface area contributed by atoms with Gasteiger partial charge in [-0.15, -0.1) is 0 Å².